The van der Waals surface area contributed by atoms with Crippen LogP contribution in [-0.2, 0) is 4.79 Å². The third kappa shape index (κ3) is 6.00. The number of alkyl halides is 3. The van der Waals surface area contributed by atoms with Gasteiger partial charge < -0.3 is 16.0 Å². The minimum atomic E-state index is -4.41. The van der Waals surface area contributed by atoms with Crippen molar-refractivity contribution in [3.05, 3.63) is 59.7 Å². The summed E-state index contributed by atoms with van der Waals surface area (Å²) in [5.74, 6) is -1.45. The number of piperidine rings is 1. The summed E-state index contributed by atoms with van der Waals surface area (Å²) in [5, 5.41) is 2.65. The first-order valence-electron chi connectivity index (χ1n) is 9.49. The van der Waals surface area contributed by atoms with Gasteiger partial charge in [0.15, 0.2) is 0 Å². The van der Waals surface area contributed by atoms with Crippen LogP contribution in [-0.4, -0.2) is 41.2 Å². The molecule has 164 valence electrons. The topological polar surface area (TPSA) is 92.5 Å². The van der Waals surface area contributed by atoms with E-state index in [4.69, 9.17) is 5.73 Å². The molecule has 0 saturated carbocycles. The van der Waals surface area contributed by atoms with Crippen LogP contribution in [0.25, 0.3) is 0 Å². The van der Waals surface area contributed by atoms with Gasteiger partial charge in [0.2, 0.25) is 5.91 Å². The molecule has 0 aromatic heterocycles. The zero-order valence-electron chi connectivity index (χ0n) is 16.3. The predicted octanol–water partition coefficient (Wildman–Crippen LogP) is 3.89. The van der Waals surface area contributed by atoms with Crippen molar-refractivity contribution >= 4 is 35.2 Å². The Balaban J connectivity index is 1.70. The fourth-order valence-electron chi connectivity index (χ4n) is 3.32. The number of benzene rings is 2. The molecule has 2 aromatic carbocycles. The number of nitrogens with one attached hydrogen (secondary N) is 1. The van der Waals surface area contributed by atoms with Gasteiger partial charge in [-0.25, -0.2) is 0 Å². The lowest BCUT2D eigenvalue weighted by Crippen LogP contribution is -2.42. The molecule has 3 rings (SSSR count). The van der Waals surface area contributed by atoms with Crippen molar-refractivity contribution in [3.63, 3.8) is 0 Å². The molecule has 3 amide bonds. The molecule has 6 nitrogen and oxygen atoms in total. The van der Waals surface area contributed by atoms with Crippen LogP contribution < -0.4 is 11.1 Å². The number of hydrogen-bond acceptors (Lipinski definition) is 4. The largest absolute Gasteiger partial charge is 0.446 e. The molecular formula is C21H20F3N3O3S. The molecule has 10 heteroatoms. The smallest absolute Gasteiger partial charge is 0.369 e. The highest BCUT2D eigenvalue weighted by Crippen LogP contribution is 2.36. The highest BCUT2D eigenvalue weighted by Gasteiger charge is 2.29. The normalized spacial score (nSPS) is 14.9. The molecule has 0 unspecified atom stereocenters. The van der Waals surface area contributed by atoms with Crippen molar-refractivity contribution in [2.24, 2.45) is 11.7 Å². The second kappa shape index (κ2) is 9.42. The summed E-state index contributed by atoms with van der Waals surface area (Å²) >= 11 is -0.262. The number of nitrogens with zero attached hydrogens (tertiary/aromatic N) is 1. The molecule has 0 spiro atoms. The number of rotatable bonds is 5. The lowest BCUT2D eigenvalue weighted by Gasteiger charge is -2.31. The van der Waals surface area contributed by atoms with E-state index in [1.165, 1.54) is 24.3 Å². The zero-order valence-corrected chi connectivity index (χ0v) is 17.1. The summed E-state index contributed by atoms with van der Waals surface area (Å²) < 4.78 is 37.3. The van der Waals surface area contributed by atoms with E-state index in [-0.39, 0.29) is 45.5 Å². The molecule has 1 aliphatic rings. The highest BCUT2D eigenvalue weighted by molar-refractivity contribution is 8.00. The number of carbonyl (C=O) groups excluding carboxylic acids is 3. The Morgan fingerprint density at radius 3 is 2.19 bits per heavy atom. The number of halogens is 3. The van der Waals surface area contributed by atoms with E-state index in [9.17, 15) is 27.6 Å². The lowest BCUT2D eigenvalue weighted by atomic mass is 9.95. The molecule has 0 radical (unpaired) electrons. The van der Waals surface area contributed by atoms with E-state index in [1.807, 2.05) is 0 Å². The van der Waals surface area contributed by atoms with E-state index in [0.717, 1.165) is 0 Å². The van der Waals surface area contributed by atoms with Gasteiger partial charge in [0.25, 0.3) is 11.8 Å². The Labute approximate surface area is 181 Å². The molecular weight excluding hydrogens is 431 g/mol. The molecule has 1 saturated heterocycles. The molecule has 31 heavy (non-hydrogen) atoms. The second-order valence-corrected chi connectivity index (χ2v) is 8.18. The van der Waals surface area contributed by atoms with E-state index >= 15 is 0 Å². The molecule has 3 N–H and O–H groups in total. The van der Waals surface area contributed by atoms with Crippen LogP contribution in [0.5, 0.6) is 0 Å². The predicted molar refractivity (Wildman–Crippen MR) is 111 cm³/mol. The van der Waals surface area contributed by atoms with E-state index in [0.29, 0.717) is 31.6 Å². The fraction of sp³-hybridized carbons (Fsp3) is 0.286. The second-order valence-electron chi connectivity index (χ2n) is 7.04. The molecule has 0 bridgehead atoms. The first-order valence-corrected chi connectivity index (χ1v) is 10.3. The maximum Gasteiger partial charge on any atom is 0.446 e. The summed E-state index contributed by atoms with van der Waals surface area (Å²) in [6, 6.07) is 11.5. The zero-order chi connectivity index (χ0) is 22.6. The summed E-state index contributed by atoms with van der Waals surface area (Å²) in [4.78, 5) is 38.4. The van der Waals surface area contributed by atoms with Gasteiger partial charge in [-0.2, -0.15) is 13.2 Å². The van der Waals surface area contributed by atoms with Crippen molar-refractivity contribution in [1.82, 2.24) is 4.90 Å². The molecule has 1 heterocycles. The van der Waals surface area contributed by atoms with Crippen LogP contribution in [0.15, 0.2) is 53.4 Å². The van der Waals surface area contributed by atoms with Crippen LogP contribution in [0.4, 0.5) is 18.9 Å². The van der Waals surface area contributed by atoms with Crippen LogP contribution >= 0.6 is 11.8 Å². The Morgan fingerprint density at radius 1 is 1.00 bits per heavy atom. The number of thioether (sulfide) groups is 1. The Bertz CT molecular complexity index is 972. The van der Waals surface area contributed by atoms with Crippen molar-refractivity contribution in [2.75, 3.05) is 18.4 Å². The van der Waals surface area contributed by atoms with E-state index in [1.54, 1.807) is 29.2 Å². The van der Waals surface area contributed by atoms with Crippen LogP contribution in [0.2, 0.25) is 0 Å². The summed E-state index contributed by atoms with van der Waals surface area (Å²) in [6.45, 7) is 0.764. The van der Waals surface area contributed by atoms with Crippen LogP contribution in [0.3, 0.4) is 0 Å². The number of para-hydroxylation sites is 1. The summed E-state index contributed by atoms with van der Waals surface area (Å²) in [7, 11) is 0. The maximum absolute atomic E-state index is 12.9. The number of amides is 3. The van der Waals surface area contributed by atoms with E-state index in [2.05, 4.69) is 5.32 Å². The Morgan fingerprint density at radius 2 is 1.61 bits per heavy atom. The number of carbonyl (C=O) groups is 3. The average molecular weight is 451 g/mol. The van der Waals surface area contributed by atoms with Gasteiger partial charge >= 0.3 is 5.51 Å². The Kier molecular flexibility index (Phi) is 6.89. The quantitative estimate of drug-likeness (QED) is 0.675. The first-order chi connectivity index (χ1) is 14.6. The molecule has 1 fully saturated rings. The lowest BCUT2D eigenvalue weighted by molar-refractivity contribution is -0.123. The van der Waals surface area contributed by atoms with Gasteiger partial charge in [0.1, 0.15) is 0 Å². The number of nitrogens with two attached hydrogens (primary N) is 1. The number of hydrogen-bond donors (Lipinski definition) is 2. The van der Waals surface area contributed by atoms with Gasteiger partial charge in [-0.1, -0.05) is 12.1 Å². The minimum Gasteiger partial charge on any atom is -0.369 e. The molecule has 0 aliphatic carbocycles. The van der Waals surface area contributed by atoms with Gasteiger partial charge in [-0.3, -0.25) is 14.4 Å². The van der Waals surface area contributed by atoms with Crippen LogP contribution in [0, 0.1) is 5.92 Å². The third-order valence-electron chi connectivity index (χ3n) is 4.94. The van der Waals surface area contributed by atoms with Crippen molar-refractivity contribution in [2.45, 2.75) is 23.2 Å². The van der Waals surface area contributed by atoms with Gasteiger partial charge in [-0.15, -0.1) is 0 Å². The molecule has 0 atom stereocenters. The van der Waals surface area contributed by atoms with Crippen molar-refractivity contribution in [1.29, 1.82) is 0 Å². The van der Waals surface area contributed by atoms with Crippen LogP contribution in [0.1, 0.15) is 33.6 Å². The highest BCUT2D eigenvalue weighted by atomic mass is 32.2. The Hall–Kier alpha value is -3.01. The van der Waals surface area contributed by atoms with Gasteiger partial charge in [0.05, 0.1) is 11.3 Å². The third-order valence-corrected chi connectivity index (χ3v) is 5.68. The first kappa shape index (κ1) is 22.7. The number of primary amides is 1. The standard InChI is InChI=1S/C21H20F3N3O3S/c22-21(23,24)31-15-7-5-14(6-8-15)19(29)26-17-4-2-1-3-16(17)20(30)27-11-9-13(10-12-27)18(25)28/h1-8,13H,9-12H2,(H2,25,28)(H,26,29). The summed E-state index contributed by atoms with van der Waals surface area (Å²) in [5.41, 5.74) is 1.67. The average Bonchev–Trinajstić information content (AvgIpc) is 2.73. The fourth-order valence-corrected chi connectivity index (χ4v) is 3.86. The van der Waals surface area contributed by atoms with E-state index < -0.39 is 11.4 Å². The van der Waals surface area contributed by atoms with Crippen molar-refractivity contribution < 1.29 is 27.6 Å². The van der Waals surface area contributed by atoms with Gasteiger partial charge in [-0.05, 0) is 61.0 Å². The monoisotopic (exact) mass is 451 g/mol. The SMILES string of the molecule is NC(=O)C1CCN(C(=O)c2ccccc2NC(=O)c2ccc(SC(F)(F)F)cc2)CC1. The maximum atomic E-state index is 12.9. The summed E-state index contributed by atoms with van der Waals surface area (Å²) in [6.07, 6.45) is 0.968. The molecule has 1 aliphatic heterocycles. The van der Waals surface area contributed by atoms with Crippen molar-refractivity contribution in [3.8, 4) is 0 Å². The number of anilines is 1. The number of likely N-dealkylation sites (tertiary alicyclic amines) is 1. The minimum absolute atomic E-state index is 0.0287. The van der Waals surface area contributed by atoms with Gasteiger partial charge in [0, 0.05) is 29.5 Å². The molecule has 2 aromatic rings.